The number of benzene rings is 1. The maximum absolute atomic E-state index is 5.77. The highest BCUT2D eigenvalue weighted by Crippen LogP contribution is 2.25. The minimum Gasteiger partial charge on any atom is -0.493 e. The Labute approximate surface area is 119 Å². The average Bonchev–Trinajstić information content (AvgIpc) is 2.48. The highest BCUT2D eigenvalue weighted by atomic mass is 16.5. The zero-order chi connectivity index (χ0) is 13.9. The fourth-order valence-electron chi connectivity index (χ4n) is 2.38. The molecule has 3 rings (SSSR count). The van der Waals surface area contributed by atoms with Crippen molar-refractivity contribution in [2.75, 3.05) is 17.7 Å². The van der Waals surface area contributed by atoms with Crippen molar-refractivity contribution in [3.63, 3.8) is 0 Å². The van der Waals surface area contributed by atoms with E-state index in [9.17, 15) is 0 Å². The maximum atomic E-state index is 5.77. The first kappa shape index (κ1) is 12.8. The number of rotatable bonds is 3. The van der Waals surface area contributed by atoms with E-state index >= 15 is 0 Å². The summed E-state index contributed by atoms with van der Waals surface area (Å²) in [5.41, 5.74) is 10.1. The van der Waals surface area contributed by atoms with Crippen LogP contribution in [0.25, 0.3) is 0 Å². The number of aryl methyl sites for hydroxylation is 2. The standard InChI is InChI=1S/C16H19N3O/c1-11-7-16(19-10-14(11)17)18-9-12-4-5-15-13(8-12)3-2-6-20-15/h4-5,7-8,10H,2-3,6,9,17H2,1H3,(H,18,19). The van der Waals surface area contributed by atoms with Crippen molar-refractivity contribution in [3.05, 3.63) is 47.2 Å². The fourth-order valence-corrected chi connectivity index (χ4v) is 2.38. The Hall–Kier alpha value is -2.23. The number of hydrogen-bond donors (Lipinski definition) is 2. The van der Waals surface area contributed by atoms with Gasteiger partial charge in [0.25, 0.3) is 0 Å². The minimum atomic E-state index is 0.724. The van der Waals surface area contributed by atoms with E-state index in [1.54, 1.807) is 6.20 Å². The molecule has 0 fully saturated rings. The van der Waals surface area contributed by atoms with Gasteiger partial charge in [0.05, 0.1) is 18.5 Å². The molecule has 4 heteroatoms. The van der Waals surface area contributed by atoms with Gasteiger partial charge in [0.2, 0.25) is 0 Å². The van der Waals surface area contributed by atoms with Gasteiger partial charge >= 0.3 is 0 Å². The van der Waals surface area contributed by atoms with Crippen molar-refractivity contribution in [1.82, 2.24) is 4.98 Å². The Morgan fingerprint density at radius 3 is 3.10 bits per heavy atom. The summed E-state index contributed by atoms with van der Waals surface area (Å²) < 4.78 is 5.62. The summed E-state index contributed by atoms with van der Waals surface area (Å²) in [6, 6.07) is 8.34. The molecule has 20 heavy (non-hydrogen) atoms. The Kier molecular flexibility index (Phi) is 3.46. The molecule has 0 saturated carbocycles. The van der Waals surface area contributed by atoms with Gasteiger partial charge in [-0.25, -0.2) is 4.98 Å². The zero-order valence-corrected chi connectivity index (χ0v) is 11.6. The predicted molar refractivity (Wildman–Crippen MR) is 81.0 cm³/mol. The number of fused-ring (bicyclic) bond motifs is 1. The number of nitrogens with two attached hydrogens (primary N) is 1. The third kappa shape index (κ3) is 2.69. The maximum Gasteiger partial charge on any atom is 0.126 e. The second kappa shape index (κ2) is 5.41. The molecule has 0 aliphatic carbocycles. The van der Waals surface area contributed by atoms with E-state index in [2.05, 4.69) is 28.5 Å². The highest BCUT2D eigenvalue weighted by molar-refractivity contribution is 5.51. The van der Waals surface area contributed by atoms with Gasteiger partial charge < -0.3 is 15.8 Å². The van der Waals surface area contributed by atoms with E-state index in [1.807, 2.05) is 13.0 Å². The number of nitrogens with one attached hydrogen (secondary N) is 1. The first-order valence-electron chi connectivity index (χ1n) is 6.93. The Balaban J connectivity index is 1.70. The summed E-state index contributed by atoms with van der Waals surface area (Å²) in [4.78, 5) is 4.28. The van der Waals surface area contributed by atoms with Crippen molar-refractivity contribution >= 4 is 11.5 Å². The van der Waals surface area contributed by atoms with Gasteiger partial charge in [0.1, 0.15) is 11.6 Å². The van der Waals surface area contributed by atoms with Crippen molar-refractivity contribution in [1.29, 1.82) is 0 Å². The lowest BCUT2D eigenvalue weighted by Crippen LogP contribution is -2.09. The number of aromatic nitrogens is 1. The van der Waals surface area contributed by atoms with Crippen LogP contribution in [-0.2, 0) is 13.0 Å². The molecule has 0 saturated heterocycles. The summed E-state index contributed by atoms with van der Waals surface area (Å²) in [6.45, 7) is 3.57. The summed E-state index contributed by atoms with van der Waals surface area (Å²) in [5, 5.41) is 3.33. The Morgan fingerprint density at radius 2 is 2.25 bits per heavy atom. The van der Waals surface area contributed by atoms with Crippen molar-refractivity contribution in [3.8, 4) is 5.75 Å². The molecule has 104 valence electrons. The van der Waals surface area contributed by atoms with Crippen LogP contribution in [0.5, 0.6) is 5.75 Å². The van der Waals surface area contributed by atoms with E-state index in [0.717, 1.165) is 48.8 Å². The predicted octanol–water partition coefficient (Wildman–Crippen LogP) is 2.91. The number of nitrogen functional groups attached to an aromatic ring is 1. The van der Waals surface area contributed by atoms with Crippen molar-refractivity contribution < 1.29 is 4.74 Å². The first-order chi connectivity index (χ1) is 9.72. The normalized spacial score (nSPS) is 13.4. The van der Waals surface area contributed by atoms with Crippen LogP contribution in [0.15, 0.2) is 30.5 Å². The average molecular weight is 269 g/mol. The van der Waals surface area contributed by atoms with Crippen LogP contribution in [0, 0.1) is 6.92 Å². The molecule has 4 nitrogen and oxygen atoms in total. The highest BCUT2D eigenvalue weighted by Gasteiger charge is 2.10. The van der Waals surface area contributed by atoms with E-state index in [4.69, 9.17) is 10.5 Å². The van der Waals surface area contributed by atoms with Crippen molar-refractivity contribution in [2.24, 2.45) is 0 Å². The molecule has 1 aromatic carbocycles. The summed E-state index contributed by atoms with van der Waals surface area (Å²) in [5.74, 6) is 1.88. The van der Waals surface area contributed by atoms with Gasteiger partial charge in [-0.05, 0) is 48.6 Å². The number of anilines is 2. The number of pyridine rings is 1. The molecule has 1 aliphatic heterocycles. The summed E-state index contributed by atoms with van der Waals surface area (Å²) in [6.07, 6.45) is 3.89. The Morgan fingerprint density at radius 1 is 1.35 bits per heavy atom. The van der Waals surface area contributed by atoms with Crippen LogP contribution in [0.1, 0.15) is 23.1 Å². The largest absolute Gasteiger partial charge is 0.493 e. The molecule has 2 heterocycles. The molecular weight excluding hydrogens is 250 g/mol. The molecule has 2 aromatic rings. The third-order valence-electron chi connectivity index (χ3n) is 3.60. The smallest absolute Gasteiger partial charge is 0.126 e. The molecule has 0 atom stereocenters. The van der Waals surface area contributed by atoms with E-state index in [1.165, 1.54) is 11.1 Å². The fraction of sp³-hybridized carbons (Fsp3) is 0.312. The van der Waals surface area contributed by atoms with Gasteiger partial charge in [0, 0.05) is 6.54 Å². The monoisotopic (exact) mass is 269 g/mol. The Bertz CT molecular complexity index is 625. The third-order valence-corrected chi connectivity index (χ3v) is 3.60. The van der Waals surface area contributed by atoms with Gasteiger partial charge in [-0.2, -0.15) is 0 Å². The van der Waals surface area contributed by atoms with Gasteiger partial charge in [0.15, 0.2) is 0 Å². The lowest BCUT2D eigenvalue weighted by Gasteiger charge is -2.18. The molecule has 0 spiro atoms. The van der Waals surface area contributed by atoms with Crippen LogP contribution in [-0.4, -0.2) is 11.6 Å². The van der Waals surface area contributed by atoms with Gasteiger partial charge in [-0.15, -0.1) is 0 Å². The summed E-state index contributed by atoms with van der Waals surface area (Å²) >= 11 is 0. The number of nitrogens with zero attached hydrogens (tertiary/aromatic N) is 1. The molecule has 0 unspecified atom stereocenters. The van der Waals surface area contributed by atoms with E-state index < -0.39 is 0 Å². The van der Waals surface area contributed by atoms with Crippen LogP contribution in [0.4, 0.5) is 11.5 Å². The molecule has 1 aromatic heterocycles. The molecule has 3 N–H and O–H groups in total. The minimum absolute atomic E-state index is 0.724. The molecule has 1 aliphatic rings. The lowest BCUT2D eigenvalue weighted by atomic mass is 10.0. The SMILES string of the molecule is Cc1cc(NCc2ccc3c(c2)CCCO3)ncc1N. The van der Waals surface area contributed by atoms with E-state index in [0.29, 0.717) is 0 Å². The summed E-state index contributed by atoms with van der Waals surface area (Å²) in [7, 11) is 0. The zero-order valence-electron chi connectivity index (χ0n) is 11.6. The van der Waals surface area contributed by atoms with Gasteiger partial charge in [-0.1, -0.05) is 12.1 Å². The van der Waals surface area contributed by atoms with Crippen LogP contribution < -0.4 is 15.8 Å². The molecular formula is C16H19N3O. The molecule has 0 radical (unpaired) electrons. The van der Waals surface area contributed by atoms with Crippen LogP contribution in [0.3, 0.4) is 0 Å². The van der Waals surface area contributed by atoms with Crippen LogP contribution in [0.2, 0.25) is 0 Å². The molecule has 0 amide bonds. The number of ether oxygens (including phenoxy) is 1. The number of hydrogen-bond acceptors (Lipinski definition) is 4. The lowest BCUT2D eigenvalue weighted by molar-refractivity contribution is 0.288. The van der Waals surface area contributed by atoms with Gasteiger partial charge in [-0.3, -0.25) is 0 Å². The van der Waals surface area contributed by atoms with E-state index in [-0.39, 0.29) is 0 Å². The topological polar surface area (TPSA) is 60.2 Å². The second-order valence-electron chi connectivity index (χ2n) is 5.17. The quantitative estimate of drug-likeness (QED) is 0.899. The first-order valence-corrected chi connectivity index (χ1v) is 6.93. The van der Waals surface area contributed by atoms with Crippen LogP contribution >= 0.6 is 0 Å². The second-order valence-corrected chi connectivity index (χ2v) is 5.17. The molecule has 0 bridgehead atoms. The van der Waals surface area contributed by atoms with Crippen molar-refractivity contribution in [2.45, 2.75) is 26.3 Å².